The minimum atomic E-state index is 0.531. The minimum Gasteiger partial charge on any atom is -0.291 e. The SMILES string of the molecule is N#Cc1cnc2ccc(-c3cccnc3-c3cccc(C4CC4)c3)cn12. The summed E-state index contributed by atoms with van der Waals surface area (Å²) in [6, 6.07) is 18.9. The van der Waals surface area contributed by atoms with Crippen LogP contribution in [0.4, 0.5) is 0 Å². The monoisotopic (exact) mass is 336 g/mol. The van der Waals surface area contributed by atoms with E-state index in [2.05, 4.69) is 46.4 Å². The highest BCUT2D eigenvalue weighted by Gasteiger charge is 2.23. The second-order valence-electron chi connectivity index (χ2n) is 6.70. The van der Waals surface area contributed by atoms with Crippen LogP contribution in [-0.2, 0) is 0 Å². The third-order valence-electron chi connectivity index (χ3n) is 4.95. The van der Waals surface area contributed by atoms with Crippen molar-refractivity contribution in [3.8, 4) is 28.5 Å². The Morgan fingerprint density at radius 3 is 2.77 bits per heavy atom. The number of rotatable bonds is 3. The van der Waals surface area contributed by atoms with E-state index in [1.807, 2.05) is 35.0 Å². The number of benzene rings is 1. The Hall–Kier alpha value is -3.45. The maximum absolute atomic E-state index is 9.28. The molecule has 0 N–H and O–H groups in total. The molecule has 0 spiro atoms. The number of nitrogens with zero attached hydrogens (tertiary/aromatic N) is 4. The van der Waals surface area contributed by atoms with E-state index in [1.54, 1.807) is 6.20 Å². The molecule has 1 aliphatic carbocycles. The van der Waals surface area contributed by atoms with E-state index in [0.717, 1.165) is 28.0 Å². The number of nitriles is 1. The molecule has 26 heavy (non-hydrogen) atoms. The van der Waals surface area contributed by atoms with Crippen molar-refractivity contribution in [1.82, 2.24) is 14.4 Å². The normalized spacial score (nSPS) is 13.7. The van der Waals surface area contributed by atoms with Crippen LogP contribution in [0.5, 0.6) is 0 Å². The Labute approximate surface area is 151 Å². The number of pyridine rings is 2. The summed E-state index contributed by atoms with van der Waals surface area (Å²) < 4.78 is 1.83. The van der Waals surface area contributed by atoms with Crippen molar-refractivity contribution in [2.45, 2.75) is 18.8 Å². The van der Waals surface area contributed by atoms with Crippen molar-refractivity contribution in [2.75, 3.05) is 0 Å². The van der Waals surface area contributed by atoms with Gasteiger partial charge in [0.15, 0.2) is 0 Å². The summed E-state index contributed by atoms with van der Waals surface area (Å²) in [5.74, 6) is 0.711. The fourth-order valence-electron chi connectivity index (χ4n) is 3.45. The highest BCUT2D eigenvalue weighted by Crippen LogP contribution is 2.41. The van der Waals surface area contributed by atoms with Gasteiger partial charge in [-0.3, -0.25) is 9.38 Å². The summed E-state index contributed by atoms with van der Waals surface area (Å²) in [6.45, 7) is 0. The van der Waals surface area contributed by atoms with E-state index in [-0.39, 0.29) is 0 Å². The Balaban J connectivity index is 1.67. The van der Waals surface area contributed by atoms with Crippen molar-refractivity contribution in [1.29, 1.82) is 5.26 Å². The molecule has 0 bridgehead atoms. The van der Waals surface area contributed by atoms with Crippen LogP contribution in [0.1, 0.15) is 30.0 Å². The third kappa shape index (κ3) is 2.46. The first-order chi connectivity index (χ1) is 12.8. The molecule has 1 fully saturated rings. The molecule has 1 saturated carbocycles. The van der Waals surface area contributed by atoms with Crippen LogP contribution in [0.3, 0.4) is 0 Å². The van der Waals surface area contributed by atoms with Gasteiger partial charge in [0.1, 0.15) is 17.4 Å². The second-order valence-corrected chi connectivity index (χ2v) is 6.70. The van der Waals surface area contributed by atoms with E-state index in [4.69, 9.17) is 0 Å². The van der Waals surface area contributed by atoms with E-state index in [9.17, 15) is 5.26 Å². The first kappa shape index (κ1) is 14.9. The van der Waals surface area contributed by atoms with Crippen LogP contribution in [-0.4, -0.2) is 14.4 Å². The summed E-state index contributed by atoms with van der Waals surface area (Å²) in [5.41, 5.74) is 6.88. The lowest BCUT2D eigenvalue weighted by atomic mass is 9.98. The van der Waals surface area contributed by atoms with Crippen LogP contribution in [0.25, 0.3) is 28.0 Å². The van der Waals surface area contributed by atoms with Gasteiger partial charge in [0.2, 0.25) is 0 Å². The molecular weight excluding hydrogens is 320 g/mol. The smallest absolute Gasteiger partial charge is 0.144 e. The molecular formula is C22H16N4. The number of aromatic nitrogens is 3. The Bertz CT molecular complexity index is 1160. The zero-order valence-electron chi connectivity index (χ0n) is 14.1. The molecule has 4 nitrogen and oxygen atoms in total. The van der Waals surface area contributed by atoms with Crippen LogP contribution >= 0.6 is 0 Å². The molecule has 1 aliphatic rings. The standard InChI is InChI=1S/C22H16N4/c23-12-19-13-25-21-9-8-18(14-26(19)21)20-5-2-10-24-22(20)17-4-1-3-16(11-17)15-6-7-15/h1-5,8-11,13-15H,6-7H2. The molecule has 0 aliphatic heterocycles. The van der Waals surface area contributed by atoms with Gasteiger partial charge in [-0.1, -0.05) is 24.3 Å². The van der Waals surface area contributed by atoms with Gasteiger partial charge in [0, 0.05) is 29.1 Å². The fourth-order valence-corrected chi connectivity index (χ4v) is 3.45. The van der Waals surface area contributed by atoms with Gasteiger partial charge in [0.25, 0.3) is 0 Å². The topological polar surface area (TPSA) is 54.0 Å². The Morgan fingerprint density at radius 1 is 1.00 bits per heavy atom. The first-order valence-corrected chi connectivity index (χ1v) is 8.76. The second kappa shape index (κ2) is 5.82. The summed E-state index contributed by atoms with van der Waals surface area (Å²) in [4.78, 5) is 8.93. The lowest BCUT2D eigenvalue weighted by Crippen LogP contribution is -1.93. The van der Waals surface area contributed by atoms with Crippen LogP contribution in [0, 0.1) is 11.3 Å². The van der Waals surface area contributed by atoms with Gasteiger partial charge in [-0.2, -0.15) is 5.26 Å². The van der Waals surface area contributed by atoms with E-state index < -0.39 is 0 Å². The lowest BCUT2D eigenvalue weighted by Gasteiger charge is -2.11. The highest BCUT2D eigenvalue weighted by molar-refractivity contribution is 5.81. The number of imidazole rings is 1. The van der Waals surface area contributed by atoms with Gasteiger partial charge >= 0.3 is 0 Å². The van der Waals surface area contributed by atoms with E-state index in [1.165, 1.54) is 18.4 Å². The van der Waals surface area contributed by atoms with Gasteiger partial charge in [0.05, 0.1) is 11.9 Å². The minimum absolute atomic E-state index is 0.531. The van der Waals surface area contributed by atoms with Gasteiger partial charge in [-0.05, 0) is 48.6 Å². The lowest BCUT2D eigenvalue weighted by molar-refractivity contribution is 1.13. The molecule has 0 unspecified atom stereocenters. The average Bonchev–Trinajstić information content (AvgIpc) is 3.48. The average molecular weight is 336 g/mol. The van der Waals surface area contributed by atoms with Crippen LogP contribution in [0.15, 0.2) is 67.1 Å². The Morgan fingerprint density at radius 2 is 1.92 bits per heavy atom. The molecule has 4 aromatic rings. The molecule has 0 radical (unpaired) electrons. The largest absolute Gasteiger partial charge is 0.291 e. The van der Waals surface area contributed by atoms with E-state index >= 15 is 0 Å². The summed E-state index contributed by atoms with van der Waals surface area (Å²) in [6.07, 6.45) is 7.97. The zero-order valence-corrected chi connectivity index (χ0v) is 14.1. The summed E-state index contributed by atoms with van der Waals surface area (Å²) >= 11 is 0. The van der Waals surface area contributed by atoms with Crippen molar-refractivity contribution < 1.29 is 0 Å². The fraction of sp³-hybridized carbons (Fsp3) is 0.136. The number of hydrogen-bond acceptors (Lipinski definition) is 3. The molecule has 3 aromatic heterocycles. The predicted octanol–water partition coefficient (Wildman–Crippen LogP) is 4.81. The van der Waals surface area contributed by atoms with Gasteiger partial charge in [-0.15, -0.1) is 0 Å². The molecule has 0 saturated heterocycles. The van der Waals surface area contributed by atoms with Crippen LogP contribution < -0.4 is 0 Å². The van der Waals surface area contributed by atoms with Crippen molar-refractivity contribution in [3.63, 3.8) is 0 Å². The third-order valence-corrected chi connectivity index (χ3v) is 4.95. The summed E-state index contributed by atoms with van der Waals surface area (Å²) in [7, 11) is 0. The predicted molar refractivity (Wildman–Crippen MR) is 101 cm³/mol. The number of hydrogen-bond donors (Lipinski definition) is 0. The molecule has 5 rings (SSSR count). The first-order valence-electron chi connectivity index (χ1n) is 8.76. The maximum atomic E-state index is 9.28. The molecule has 4 heteroatoms. The quantitative estimate of drug-likeness (QED) is 0.539. The summed E-state index contributed by atoms with van der Waals surface area (Å²) in [5, 5.41) is 9.28. The maximum Gasteiger partial charge on any atom is 0.144 e. The van der Waals surface area contributed by atoms with Crippen molar-refractivity contribution in [3.05, 3.63) is 78.4 Å². The zero-order chi connectivity index (χ0) is 17.5. The van der Waals surface area contributed by atoms with Gasteiger partial charge < -0.3 is 0 Å². The van der Waals surface area contributed by atoms with E-state index in [0.29, 0.717) is 11.6 Å². The van der Waals surface area contributed by atoms with Crippen molar-refractivity contribution >= 4 is 5.65 Å². The van der Waals surface area contributed by atoms with Crippen molar-refractivity contribution in [2.24, 2.45) is 0 Å². The molecule has 0 amide bonds. The van der Waals surface area contributed by atoms with Crippen LogP contribution in [0.2, 0.25) is 0 Å². The molecule has 124 valence electrons. The molecule has 1 aromatic carbocycles. The molecule has 3 heterocycles. The Kier molecular flexibility index (Phi) is 3.32. The van der Waals surface area contributed by atoms with Gasteiger partial charge in [-0.25, -0.2) is 4.98 Å². The highest BCUT2D eigenvalue weighted by atomic mass is 15.0. The molecule has 0 atom stereocenters. The number of fused-ring (bicyclic) bond motifs is 1.